The first kappa shape index (κ1) is 13.5. The van der Waals surface area contributed by atoms with Gasteiger partial charge in [0.15, 0.2) is 0 Å². The third-order valence-electron chi connectivity index (χ3n) is 3.39. The molecule has 1 aromatic carbocycles. The van der Waals surface area contributed by atoms with Gasteiger partial charge in [-0.2, -0.15) is 0 Å². The molecule has 0 aromatic heterocycles. The van der Waals surface area contributed by atoms with Crippen LogP contribution in [0.4, 0.5) is 10.1 Å². The molecule has 4 nitrogen and oxygen atoms in total. The Kier molecular flexibility index (Phi) is 3.08. The number of rotatable bonds is 1. The first-order valence-electron chi connectivity index (χ1n) is 6.16. The number of nitrogens with one attached hydrogen (secondary N) is 1. The van der Waals surface area contributed by atoms with Crippen molar-refractivity contribution in [1.82, 2.24) is 5.32 Å². The Morgan fingerprint density at radius 1 is 1.32 bits per heavy atom. The average molecular weight is 264 g/mol. The molecule has 1 saturated heterocycles. The van der Waals surface area contributed by atoms with Crippen LogP contribution in [0.1, 0.15) is 26.3 Å². The summed E-state index contributed by atoms with van der Waals surface area (Å²) in [7, 11) is 0. The SMILES string of the molecule is Cc1ccc(F)cc1N1C(=O)C(C)(C)NC(=O)C1C. The summed E-state index contributed by atoms with van der Waals surface area (Å²) < 4.78 is 13.4. The number of hydrogen-bond donors (Lipinski definition) is 1. The van der Waals surface area contributed by atoms with Gasteiger partial charge in [0.05, 0.1) is 5.69 Å². The summed E-state index contributed by atoms with van der Waals surface area (Å²) in [5, 5.41) is 2.67. The second kappa shape index (κ2) is 4.33. The van der Waals surface area contributed by atoms with Gasteiger partial charge in [-0.15, -0.1) is 0 Å². The number of anilines is 1. The zero-order valence-corrected chi connectivity index (χ0v) is 11.5. The molecule has 5 heteroatoms. The van der Waals surface area contributed by atoms with Crippen LogP contribution in [0.5, 0.6) is 0 Å². The molecule has 1 unspecified atom stereocenters. The number of aryl methyl sites for hydroxylation is 1. The van der Waals surface area contributed by atoms with Gasteiger partial charge < -0.3 is 5.32 Å². The van der Waals surface area contributed by atoms with E-state index in [0.29, 0.717) is 5.69 Å². The van der Waals surface area contributed by atoms with E-state index in [-0.39, 0.29) is 11.8 Å². The predicted molar refractivity (Wildman–Crippen MR) is 70.3 cm³/mol. The molecular weight excluding hydrogens is 247 g/mol. The number of amides is 2. The molecule has 0 saturated carbocycles. The molecule has 19 heavy (non-hydrogen) atoms. The molecule has 102 valence electrons. The molecule has 2 amide bonds. The van der Waals surface area contributed by atoms with Crippen LogP contribution in [0, 0.1) is 12.7 Å². The first-order valence-corrected chi connectivity index (χ1v) is 6.16. The molecular formula is C14H17FN2O2. The molecule has 0 bridgehead atoms. The molecule has 1 heterocycles. The molecule has 1 aliphatic rings. The molecule has 1 aliphatic heterocycles. The normalized spacial score (nSPS) is 22.4. The van der Waals surface area contributed by atoms with Crippen molar-refractivity contribution in [3.8, 4) is 0 Å². The molecule has 0 spiro atoms. The van der Waals surface area contributed by atoms with E-state index in [1.807, 2.05) is 0 Å². The fraction of sp³-hybridized carbons (Fsp3) is 0.429. The van der Waals surface area contributed by atoms with Crippen molar-refractivity contribution in [1.29, 1.82) is 0 Å². The maximum absolute atomic E-state index is 13.4. The number of nitrogens with zero attached hydrogens (tertiary/aromatic N) is 1. The number of piperazine rings is 1. The van der Waals surface area contributed by atoms with Crippen LogP contribution in [-0.4, -0.2) is 23.4 Å². The summed E-state index contributed by atoms with van der Waals surface area (Å²) in [4.78, 5) is 25.8. The van der Waals surface area contributed by atoms with Crippen LogP contribution in [0.25, 0.3) is 0 Å². The zero-order chi connectivity index (χ0) is 14.4. The molecule has 2 rings (SSSR count). The minimum Gasteiger partial charge on any atom is -0.340 e. The Hall–Kier alpha value is -1.91. The van der Waals surface area contributed by atoms with E-state index in [1.54, 1.807) is 33.8 Å². The summed E-state index contributed by atoms with van der Waals surface area (Å²) in [6.45, 7) is 6.70. The number of benzene rings is 1. The third kappa shape index (κ3) is 2.20. The zero-order valence-electron chi connectivity index (χ0n) is 11.5. The van der Waals surface area contributed by atoms with Crippen LogP contribution in [-0.2, 0) is 9.59 Å². The van der Waals surface area contributed by atoms with Gasteiger partial charge in [0, 0.05) is 0 Å². The van der Waals surface area contributed by atoms with Gasteiger partial charge >= 0.3 is 0 Å². The van der Waals surface area contributed by atoms with Crippen molar-refractivity contribution in [2.75, 3.05) is 4.90 Å². The molecule has 1 N–H and O–H groups in total. The summed E-state index contributed by atoms with van der Waals surface area (Å²) in [6, 6.07) is 3.58. The molecule has 1 fully saturated rings. The Morgan fingerprint density at radius 3 is 2.58 bits per heavy atom. The fourth-order valence-electron chi connectivity index (χ4n) is 2.22. The van der Waals surface area contributed by atoms with Gasteiger partial charge in [0.1, 0.15) is 17.4 Å². The monoisotopic (exact) mass is 264 g/mol. The third-order valence-corrected chi connectivity index (χ3v) is 3.39. The minimum absolute atomic E-state index is 0.242. The van der Waals surface area contributed by atoms with Gasteiger partial charge in [-0.1, -0.05) is 6.07 Å². The summed E-state index contributed by atoms with van der Waals surface area (Å²) in [5.74, 6) is -0.911. The first-order chi connectivity index (χ1) is 8.74. The average Bonchev–Trinajstić information content (AvgIpc) is 2.31. The van der Waals surface area contributed by atoms with Crippen LogP contribution in [0.15, 0.2) is 18.2 Å². The molecule has 1 atom stereocenters. The summed E-state index contributed by atoms with van der Waals surface area (Å²) >= 11 is 0. The standard InChI is InChI=1S/C14H17FN2O2/c1-8-5-6-10(15)7-11(8)17-9(2)12(18)16-14(3,4)13(17)19/h5-7,9H,1-4H3,(H,16,18). The van der Waals surface area contributed by atoms with Crippen molar-refractivity contribution < 1.29 is 14.0 Å². The highest BCUT2D eigenvalue weighted by atomic mass is 19.1. The van der Waals surface area contributed by atoms with Crippen molar-refractivity contribution in [2.45, 2.75) is 39.3 Å². The summed E-state index contributed by atoms with van der Waals surface area (Å²) in [5.41, 5.74) is 0.218. The lowest BCUT2D eigenvalue weighted by Gasteiger charge is -2.42. The van der Waals surface area contributed by atoms with E-state index in [4.69, 9.17) is 0 Å². The summed E-state index contributed by atoms with van der Waals surface area (Å²) in [6.07, 6.45) is 0. The van der Waals surface area contributed by atoms with E-state index in [2.05, 4.69) is 5.32 Å². The van der Waals surface area contributed by atoms with Crippen LogP contribution in [0.2, 0.25) is 0 Å². The predicted octanol–water partition coefficient (Wildman–Crippen LogP) is 1.76. The van der Waals surface area contributed by atoms with Crippen molar-refractivity contribution in [3.63, 3.8) is 0 Å². The van der Waals surface area contributed by atoms with E-state index in [0.717, 1.165) is 5.56 Å². The Bertz CT molecular complexity index is 554. The quantitative estimate of drug-likeness (QED) is 0.840. The lowest BCUT2D eigenvalue weighted by molar-refractivity contribution is -0.136. The number of halogens is 1. The smallest absolute Gasteiger partial charge is 0.252 e. The second-order valence-electron chi connectivity index (χ2n) is 5.40. The largest absolute Gasteiger partial charge is 0.340 e. The van der Waals surface area contributed by atoms with E-state index in [1.165, 1.54) is 17.0 Å². The van der Waals surface area contributed by atoms with E-state index in [9.17, 15) is 14.0 Å². The van der Waals surface area contributed by atoms with Gasteiger partial charge in [-0.05, 0) is 45.4 Å². The Labute approximate surface area is 111 Å². The van der Waals surface area contributed by atoms with Gasteiger partial charge in [-0.25, -0.2) is 4.39 Å². The van der Waals surface area contributed by atoms with Crippen LogP contribution in [0.3, 0.4) is 0 Å². The number of hydrogen-bond acceptors (Lipinski definition) is 2. The minimum atomic E-state index is -0.984. The van der Waals surface area contributed by atoms with Gasteiger partial charge in [0.25, 0.3) is 5.91 Å². The molecule has 0 aliphatic carbocycles. The maximum Gasteiger partial charge on any atom is 0.252 e. The van der Waals surface area contributed by atoms with Gasteiger partial charge in [0.2, 0.25) is 5.91 Å². The number of carbonyl (C=O) groups excluding carboxylic acids is 2. The van der Waals surface area contributed by atoms with Crippen molar-refractivity contribution in [2.24, 2.45) is 0 Å². The highest BCUT2D eigenvalue weighted by molar-refractivity contribution is 6.10. The fourth-order valence-corrected chi connectivity index (χ4v) is 2.22. The lowest BCUT2D eigenvalue weighted by Crippen LogP contribution is -2.67. The highest BCUT2D eigenvalue weighted by Gasteiger charge is 2.44. The highest BCUT2D eigenvalue weighted by Crippen LogP contribution is 2.28. The molecule has 1 aromatic rings. The van der Waals surface area contributed by atoms with E-state index < -0.39 is 17.4 Å². The van der Waals surface area contributed by atoms with Crippen LogP contribution >= 0.6 is 0 Å². The van der Waals surface area contributed by atoms with Gasteiger partial charge in [-0.3, -0.25) is 14.5 Å². The maximum atomic E-state index is 13.4. The van der Waals surface area contributed by atoms with Crippen LogP contribution < -0.4 is 10.2 Å². The Balaban J connectivity index is 2.54. The second-order valence-corrected chi connectivity index (χ2v) is 5.40. The number of carbonyl (C=O) groups is 2. The van der Waals surface area contributed by atoms with Crippen molar-refractivity contribution >= 4 is 17.5 Å². The lowest BCUT2D eigenvalue weighted by atomic mass is 9.96. The topological polar surface area (TPSA) is 49.4 Å². The molecule has 0 radical (unpaired) electrons. The van der Waals surface area contributed by atoms with E-state index >= 15 is 0 Å². The van der Waals surface area contributed by atoms with Crippen molar-refractivity contribution in [3.05, 3.63) is 29.6 Å². The Morgan fingerprint density at radius 2 is 1.95 bits per heavy atom.